The van der Waals surface area contributed by atoms with Gasteiger partial charge in [0, 0.05) is 16.6 Å². The lowest BCUT2D eigenvalue weighted by Gasteiger charge is -2.13. The zero-order valence-electron chi connectivity index (χ0n) is 11.8. The van der Waals surface area contributed by atoms with E-state index in [-0.39, 0.29) is 11.9 Å². The Balaban J connectivity index is 1.74. The van der Waals surface area contributed by atoms with Gasteiger partial charge >= 0.3 is 0 Å². The molecule has 1 atom stereocenters. The van der Waals surface area contributed by atoms with E-state index in [0.717, 1.165) is 17.7 Å². The van der Waals surface area contributed by atoms with Crippen molar-refractivity contribution in [3.63, 3.8) is 0 Å². The van der Waals surface area contributed by atoms with Crippen LogP contribution in [0.1, 0.15) is 17.4 Å². The Bertz CT molecular complexity index is 551. The summed E-state index contributed by atoms with van der Waals surface area (Å²) >= 11 is 1.75. The van der Waals surface area contributed by atoms with Gasteiger partial charge in [0.2, 0.25) is 5.91 Å². The summed E-state index contributed by atoms with van der Waals surface area (Å²) in [5.74, 6) is -0.00590. The zero-order chi connectivity index (χ0) is 14.4. The maximum Gasteiger partial charge on any atom is 0.238 e. The van der Waals surface area contributed by atoms with Crippen molar-refractivity contribution in [1.29, 1.82) is 0 Å². The maximum absolute atomic E-state index is 11.9. The van der Waals surface area contributed by atoms with E-state index in [9.17, 15) is 4.79 Å². The molecule has 0 aliphatic heterocycles. The summed E-state index contributed by atoms with van der Waals surface area (Å²) in [5, 5.41) is 8.22. The van der Waals surface area contributed by atoms with Crippen molar-refractivity contribution < 1.29 is 4.79 Å². The maximum atomic E-state index is 11.9. The number of rotatable bonds is 6. The van der Waals surface area contributed by atoms with Crippen molar-refractivity contribution in [2.45, 2.75) is 26.3 Å². The van der Waals surface area contributed by atoms with E-state index in [1.165, 1.54) is 4.88 Å². The lowest BCUT2D eigenvalue weighted by Crippen LogP contribution is -2.35. The lowest BCUT2D eigenvalue weighted by atomic mass is 10.2. The van der Waals surface area contributed by atoms with Gasteiger partial charge < -0.3 is 10.6 Å². The van der Waals surface area contributed by atoms with Crippen LogP contribution < -0.4 is 10.6 Å². The molecule has 1 aromatic carbocycles. The first-order chi connectivity index (χ1) is 9.63. The van der Waals surface area contributed by atoms with E-state index in [1.54, 1.807) is 11.3 Å². The van der Waals surface area contributed by atoms with Crippen molar-refractivity contribution in [2.24, 2.45) is 0 Å². The molecule has 20 heavy (non-hydrogen) atoms. The Hall–Kier alpha value is -1.65. The highest BCUT2D eigenvalue weighted by Crippen LogP contribution is 2.11. The highest BCUT2D eigenvalue weighted by molar-refractivity contribution is 7.09. The Morgan fingerprint density at radius 3 is 2.85 bits per heavy atom. The van der Waals surface area contributed by atoms with Gasteiger partial charge in [0.15, 0.2) is 0 Å². The van der Waals surface area contributed by atoms with Crippen molar-refractivity contribution in [3.05, 3.63) is 52.2 Å². The smallest absolute Gasteiger partial charge is 0.238 e. The van der Waals surface area contributed by atoms with Crippen LogP contribution in [0.5, 0.6) is 0 Å². The summed E-state index contributed by atoms with van der Waals surface area (Å²) in [5.41, 5.74) is 1.99. The third kappa shape index (κ3) is 4.79. The molecule has 0 fully saturated rings. The molecule has 1 amide bonds. The van der Waals surface area contributed by atoms with Crippen LogP contribution in [0.15, 0.2) is 41.8 Å². The Morgan fingerprint density at radius 1 is 1.30 bits per heavy atom. The average Bonchev–Trinajstić information content (AvgIpc) is 2.89. The molecule has 1 unspecified atom stereocenters. The first kappa shape index (κ1) is 14.8. The fourth-order valence-corrected chi connectivity index (χ4v) is 2.83. The summed E-state index contributed by atoms with van der Waals surface area (Å²) in [4.78, 5) is 13.2. The SMILES string of the molecule is Cc1cccc(NC(=O)CNC(C)Cc2cccs2)c1. The molecule has 106 valence electrons. The second-order valence-corrected chi connectivity index (χ2v) is 6.02. The third-order valence-electron chi connectivity index (χ3n) is 3.00. The van der Waals surface area contributed by atoms with Crippen molar-refractivity contribution in [2.75, 3.05) is 11.9 Å². The number of hydrogen-bond donors (Lipinski definition) is 2. The molecule has 0 saturated heterocycles. The molecule has 0 aliphatic carbocycles. The molecule has 2 rings (SSSR count). The van der Waals surface area contributed by atoms with Crippen molar-refractivity contribution in [3.8, 4) is 0 Å². The molecule has 2 aromatic rings. The van der Waals surface area contributed by atoms with Gasteiger partial charge in [0.1, 0.15) is 0 Å². The van der Waals surface area contributed by atoms with E-state index < -0.39 is 0 Å². The van der Waals surface area contributed by atoms with Crippen LogP contribution in [0.3, 0.4) is 0 Å². The van der Waals surface area contributed by atoms with E-state index in [2.05, 4.69) is 35.1 Å². The largest absolute Gasteiger partial charge is 0.325 e. The molecule has 1 aromatic heterocycles. The van der Waals surface area contributed by atoms with Crippen LogP contribution in [0, 0.1) is 6.92 Å². The minimum absolute atomic E-state index is 0.00590. The fourth-order valence-electron chi connectivity index (χ4n) is 2.00. The highest BCUT2D eigenvalue weighted by Gasteiger charge is 2.07. The number of carbonyl (C=O) groups excluding carboxylic acids is 1. The fraction of sp³-hybridized carbons (Fsp3) is 0.312. The molecule has 0 aliphatic rings. The quantitative estimate of drug-likeness (QED) is 0.857. The Morgan fingerprint density at radius 2 is 2.15 bits per heavy atom. The van der Waals surface area contributed by atoms with Gasteiger partial charge in [-0.15, -0.1) is 11.3 Å². The minimum Gasteiger partial charge on any atom is -0.325 e. The summed E-state index contributed by atoms with van der Waals surface area (Å²) in [6, 6.07) is 12.3. The van der Waals surface area contributed by atoms with Crippen LogP contribution in [0.25, 0.3) is 0 Å². The predicted molar refractivity (Wildman–Crippen MR) is 85.3 cm³/mol. The first-order valence-corrected chi connectivity index (χ1v) is 7.64. The number of hydrogen-bond acceptors (Lipinski definition) is 3. The Kier molecular flexibility index (Phi) is 5.32. The van der Waals surface area contributed by atoms with Crippen LogP contribution in [0.4, 0.5) is 5.69 Å². The molecule has 1 heterocycles. The van der Waals surface area contributed by atoms with Gasteiger partial charge in [-0.05, 0) is 49.4 Å². The predicted octanol–water partition coefficient (Wildman–Crippen LogP) is 3.22. The minimum atomic E-state index is -0.00590. The molecule has 0 radical (unpaired) electrons. The number of benzene rings is 1. The van der Waals surface area contributed by atoms with Gasteiger partial charge in [-0.2, -0.15) is 0 Å². The Labute approximate surface area is 124 Å². The second kappa shape index (κ2) is 7.22. The third-order valence-corrected chi connectivity index (χ3v) is 3.90. The van der Waals surface area contributed by atoms with E-state index in [4.69, 9.17) is 0 Å². The van der Waals surface area contributed by atoms with E-state index >= 15 is 0 Å². The number of thiophene rings is 1. The standard InChI is InChI=1S/C16H20N2OS/c1-12-5-3-6-14(9-12)18-16(19)11-17-13(2)10-15-7-4-8-20-15/h3-9,13,17H,10-11H2,1-2H3,(H,18,19). The molecule has 0 bridgehead atoms. The highest BCUT2D eigenvalue weighted by atomic mass is 32.1. The molecular formula is C16H20N2OS. The van der Waals surface area contributed by atoms with Crippen LogP contribution in [-0.2, 0) is 11.2 Å². The number of amides is 1. The summed E-state index contributed by atoms with van der Waals surface area (Å²) in [6.45, 7) is 4.44. The van der Waals surface area contributed by atoms with E-state index in [1.807, 2.05) is 31.2 Å². The molecule has 0 spiro atoms. The summed E-state index contributed by atoms with van der Waals surface area (Å²) in [6.07, 6.45) is 0.954. The number of carbonyl (C=O) groups is 1. The summed E-state index contributed by atoms with van der Waals surface area (Å²) < 4.78 is 0. The van der Waals surface area contributed by atoms with Crippen LogP contribution >= 0.6 is 11.3 Å². The molecule has 4 heteroatoms. The van der Waals surface area contributed by atoms with Gasteiger partial charge in [0.05, 0.1) is 6.54 Å². The number of nitrogens with one attached hydrogen (secondary N) is 2. The molecular weight excluding hydrogens is 268 g/mol. The number of aryl methyl sites for hydroxylation is 1. The monoisotopic (exact) mass is 288 g/mol. The van der Waals surface area contributed by atoms with Crippen LogP contribution in [0.2, 0.25) is 0 Å². The van der Waals surface area contributed by atoms with Crippen molar-refractivity contribution >= 4 is 22.9 Å². The molecule has 0 saturated carbocycles. The topological polar surface area (TPSA) is 41.1 Å². The van der Waals surface area contributed by atoms with Gasteiger partial charge in [0.25, 0.3) is 0 Å². The normalized spacial score (nSPS) is 12.1. The van der Waals surface area contributed by atoms with Gasteiger partial charge in [-0.25, -0.2) is 0 Å². The van der Waals surface area contributed by atoms with Crippen LogP contribution in [-0.4, -0.2) is 18.5 Å². The average molecular weight is 288 g/mol. The summed E-state index contributed by atoms with van der Waals surface area (Å²) in [7, 11) is 0. The van der Waals surface area contributed by atoms with Gasteiger partial charge in [-0.3, -0.25) is 4.79 Å². The van der Waals surface area contributed by atoms with E-state index in [0.29, 0.717) is 6.54 Å². The zero-order valence-corrected chi connectivity index (χ0v) is 12.7. The van der Waals surface area contributed by atoms with Gasteiger partial charge in [-0.1, -0.05) is 18.2 Å². The number of anilines is 1. The molecule has 2 N–H and O–H groups in total. The first-order valence-electron chi connectivity index (χ1n) is 6.76. The lowest BCUT2D eigenvalue weighted by molar-refractivity contribution is -0.115. The second-order valence-electron chi connectivity index (χ2n) is 4.98. The van der Waals surface area contributed by atoms with Crippen molar-refractivity contribution in [1.82, 2.24) is 5.32 Å². The molecule has 3 nitrogen and oxygen atoms in total.